The Balaban J connectivity index is 1.64. The topological polar surface area (TPSA) is 117 Å². The molecule has 36 heavy (non-hydrogen) atoms. The maximum atomic E-state index is 13.2. The smallest absolute Gasteiger partial charge is 0.407 e. The number of benzene rings is 1. The van der Waals surface area contributed by atoms with Crippen molar-refractivity contribution >= 4 is 39.0 Å². The van der Waals surface area contributed by atoms with Gasteiger partial charge in [0.1, 0.15) is 5.52 Å². The number of rotatable bonds is 6. The molecule has 3 atom stereocenters. The number of amides is 1. The Morgan fingerprint density at radius 1 is 1.22 bits per heavy atom. The fourth-order valence-corrected chi connectivity index (χ4v) is 7.89. The molecule has 2 aromatic heterocycles. The second-order valence-electron chi connectivity index (χ2n) is 10.2. The van der Waals surface area contributed by atoms with Gasteiger partial charge < -0.3 is 15.3 Å². The summed E-state index contributed by atoms with van der Waals surface area (Å²) in [5.74, 6) is 0. The third-order valence-electron chi connectivity index (χ3n) is 6.50. The zero-order chi connectivity index (χ0) is 26.3. The monoisotopic (exact) mass is 531 g/mol. The van der Waals surface area contributed by atoms with Gasteiger partial charge in [-0.1, -0.05) is 38.5 Å². The van der Waals surface area contributed by atoms with Crippen molar-refractivity contribution in [3.05, 3.63) is 54.0 Å². The molecule has 1 aromatic carbocycles. The number of hydrogen-bond donors (Lipinski definition) is 2. The Morgan fingerprint density at radius 3 is 2.53 bits per heavy atom. The molecule has 1 amide bonds. The van der Waals surface area contributed by atoms with Crippen molar-refractivity contribution in [2.24, 2.45) is 5.41 Å². The number of fused-ring (bicyclic) bond motifs is 1. The van der Waals surface area contributed by atoms with Crippen LogP contribution in [-0.2, 0) is 10.0 Å². The molecule has 1 saturated heterocycles. The highest BCUT2D eigenvalue weighted by molar-refractivity contribution is 8.00. The van der Waals surface area contributed by atoms with Crippen LogP contribution in [0.2, 0.25) is 0 Å². The maximum Gasteiger partial charge on any atom is 0.407 e. The van der Waals surface area contributed by atoms with Crippen molar-refractivity contribution in [1.82, 2.24) is 24.2 Å². The van der Waals surface area contributed by atoms with Crippen molar-refractivity contribution < 1.29 is 18.3 Å². The third kappa shape index (κ3) is 5.09. The minimum absolute atomic E-state index is 0.0660. The summed E-state index contributed by atoms with van der Waals surface area (Å²) in [5, 5.41) is 12.9. The molecule has 4 rings (SSSR count). The van der Waals surface area contributed by atoms with Gasteiger partial charge in [-0.05, 0) is 50.4 Å². The summed E-state index contributed by atoms with van der Waals surface area (Å²) in [6.07, 6.45) is 3.89. The minimum Gasteiger partial charge on any atom is -0.465 e. The number of piperidine rings is 1. The molecule has 0 spiro atoms. The number of carboxylic acid groups (broad SMARTS) is 1. The largest absolute Gasteiger partial charge is 0.465 e. The zero-order valence-corrected chi connectivity index (χ0v) is 22.8. The van der Waals surface area contributed by atoms with E-state index in [0.29, 0.717) is 17.8 Å². The van der Waals surface area contributed by atoms with Crippen LogP contribution in [0.25, 0.3) is 11.2 Å². The van der Waals surface area contributed by atoms with Crippen molar-refractivity contribution in [1.29, 1.82) is 0 Å². The van der Waals surface area contributed by atoms with Crippen LogP contribution in [0.1, 0.15) is 50.2 Å². The average Bonchev–Trinajstić information content (AvgIpc) is 3.26. The molecule has 194 valence electrons. The number of likely N-dealkylation sites (tertiary alicyclic amines) is 1. The highest BCUT2D eigenvalue weighted by atomic mass is 32.2. The molecule has 0 aliphatic carbocycles. The van der Waals surface area contributed by atoms with Crippen LogP contribution < -0.4 is 5.32 Å². The van der Waals surface area contributed by atoms with E-state index in [1.54, 1.807) is 53.2 Å². The van der Waals surface area contributed by atoms with Gasteiger partial charge >= 0.3 is 6.09 Å². The summed E-state index contributed by atoms with van der Waals surface area (Å²) in [6, 6.07) is 8.20. The number of carbonyl (C=O) groups is 1. The van der Waals surface area contributed by atoms with E-state index in [0.717, 1.165) is 22.4 Å². The number of hydrogen-bond acceptors (Lipinski definition) is 7. The Bertz CT molecular complexity index is 1350. The quantitative estimate of drug-likeness (QED) is 0.447. The normalized spacial score (nSPS) is 20.0. The SMILES string of the molecule is CNC(SC1CCCN(C(=O)O)C1C(C)(C)C)c1cnc2c(ccn2S(=O)(=O)c2ccc(C)cc2)n1. The molecule has 3 aromatic rings. The molecule has 1 aliphatic rings. The molecule has 1 fully saturated rings. The van der Waals surface area contributed by atoms with Crippen LogP contribution >= 0.6 is 11.8 Å². The molecule has 11 heteroatoms. The van der Waals surface area contributed by atoms with Gasteiger partial charge in [-0.2, -0.15) is 0 Å². The Labute approximate surface area is 216 Å². The summed E-state index contributed by atoms with van der Waals surface area (Å²) < 4.78 is 27.6. The second-order valence-corrected chi connectivity index (χ2v) is 13.4. The standard InChI is InChI=1S/C25H33N5O4S2/c1-16-8-10-17(11-9-16)36(33,34)30-14-12-18-22(30)27-15-19(28-18)23(26-5)35-20-7-6-13-29(24(31)32)21(20)25(2,3)4/h8-12,14-15,20-21,23,26H,6-7,13H2,1-5H3,(H,31,32). The van der Waals surface area contributed by atoms with Gasteiger partial charge in [0.15, 0.2) is 5.65 Å². The van der Waals surface area contributed by atoms with Crippen LogP contribution in [-0.4, -0.2) is 63.3 Å². The van der Waals surface area contributed by atoms with Gasteiger partial charge in [0, 0.05) is 18.0 Å². The van der Waals surface area contributed by atoms with Gasteiger partial charge in [-0.3, -0.25) is 0 Å². The van der Waals surface area contributed by atoms with E-state index in [-0.39, 0.29) is 32.6 Å². The molecule has 0 bridgehead atoms. The fourth-order valence-electron chi connectivity index (χ4n) is 4.85. The first-order chi connectivity index (χ1) is 16.9. The summed E-state index contributed by atoms with van der Waals surface area (Å²) in [6.45, 7) is 8.66. The lowest BCUT2D eigenvalue weighted by atomic mass is 9.80. The second kappa shape index (κ2) is 10.0. The Morgan fingerprint density at radius 2 is 1.92 bits per heavy atom. The molecular formula is C25H33N5O4S2. The predicted octanol–water partition coefficient (Wildman–Crippen LogP) is 4.49. The van der Waals surface area contributed by atoms with Crippen molar-refractivity contribution in [2.75, 3.05) is 13.6 Å². The van der Waals surface area contributed by atoms with Crippen LogP contribution in [0.3, 0.4) is 0 Å². The van der Waals surface area contributed by atoms with E-state index >= 15 is 0 Å². The molecule has 3 heterocycles. The first-order valence-electron chi connectivity index (χ1n) is 11.9. The number of aromatic nitrogens is 3. The zero-order valence-electron chi connectivity index (χ0n) is 21.2. The predicted molar refractivity (Wildman–Crippen MR) is 142 cm³/mol. The molecule has 3 unspecified atom stereocenters. The highest BCUT2D eigenvalue weighted by Gasteiger charge is 2.43. The molecule has 2 N–H and O–H groups in total. The van der Waals surface area contributed by atoms with Crippen molar-refractivity contribution in [3.8, 4) is 0 Å². The van der Waals surface area contributed by atoms with E-state index in [2.05, 4.69) is 31.1 Å². The summed E-state index contributed by atoms with van der Waals surface area (Å²) in [7, 11) is -1.97. The molecule has 9 nitrogen and oxygen atoms in total. The minimum atomic E-state index is -3.81. The molecule has 1 aliphatic heterocycles. The number of nitrogens with one attached hydrogen (secondary N) is 1. The van der Waals surface area contributed by atoms with Crippen LogP contribution in [0.15, 0.2) is 47.6 Å². The summed E-state index contributed by atoms with van der Waals surface area (Å²) in [4.78, 5) is 22.9. The maximum absolute atomic E-state index is 13.2. The van der Waals surface area contributed by atoms with Crippen LogP contribution in [0, 0.1) is 12.3 Å². The number of thioether (sulfide) groups is 1. The van der Waals surface area contributed by atoms with Gasteiger partial charge in [0.25, 0.3) is 10.0 Å². The lowest BCUT2D eigenvalue weighted by Crippen LogP contribution is -2.55. The first kappa shape index (κ1) is 26.4. The van der Waals surface area contributed by atoms with E-state index in [1.807, 2.05) is 14.0 Å². The van der Waals surface area contributed by atoms with Gasteiger partial charge in [-0.15, -0.1) is 11.8 Å². The van der Waals surface area contributed by atoms with E-state index in [9.17, 15) is 18.3 Å². The average molecular weight is 532 g/mol. The number of aryl methyl sites for hydroxylation is 1. The fraction of sp³-hybridized carbons (Fsp3) is 0.480. The Kier molecular flexibility index (Phi) is 7.36. The van der Waals surface area contributed by atoms with Crippen molar-refractivity contribution in [2.45, 2.75) is 62.1 Å². The number of nitrogens with zero attached hydrogens (tertiary/aromatic N) is 4. The molecular weight excluding hydrogens is 498 g/mol. The van der Waals surface area contributed by atoms with Gasteiger partial charge in [0.2, 0.25) is 0 Å². The van der Waals surface area contributed by atoms with E-state index in [1.165, 1.54) is 6.20 Å². The molecule has 0 saturated carbocycles. The van der Waals surface area contributed by atoms with Crippen LogP contribution in [0.4, 0.5) is 4.79 Å². The highest BCUT2D eigenvalue weighted by Crippen LogP contribution is 2.42. The summed E-state index contributed by atoms with van der Waals surface area (Å²) >= 11 is 1.65. The summed E-state index contributed by atoms with van der Waals surface area (Å²) in [5.41, 5.74) is 2.16. The first-order valence-corrected chi connectivity index (χ1v) is 14.3. The van der Waals surface area contributed by atoms with E-state index in [4.69, 9.17) is 4.98 Å². The van der Waals surface area contributed by atoms with E-state index < -0.39 is 16.1 Å². The van der Waals surface area contributed by atoms with Crippen LogP contribution in [0.5, 0.6) is 0 Å². The van der Waals surface area contributed by atoms with Gasteiger partial charge in [-0.25, -0.2) is 27.2 Å². The Hall–Kier alpha value is -2.63. The molecule has 0 radical (unpaired) electrons. The van der Waals surface area contributed by atoms with Gasteiger partial charge in [0.05, 0.1) is 28.2 Å². The third-order valence-corrected chi connectivity index (χ3v) is 9.78. The van der Waals surface area contributed by atoms with Crippen molar-refractivity contribution in [3.63, 3.8) is 0 Å². The lowest BCUT2D eigenvalue weighted by molar-refractivity contribution is 0.0631. The lowest BCUT2D eigenvalue weighted by Gasteiger charge is -2.47.